The fourth-order valence-corrected chi connectivity index (χ4v) is 0.972. The first-order valence-electron chi connectivity index (χ1n) is 4.87. The maximum Gasteiger partial charge on any atom is 0.326 e. The summed E-state index contributed by atoms with van der Waals surface area (Å²) in [5.41, 5.74) is 4.90. The Morgan fingerprint density at radius 2 is 1.94 bits per heavy atom. The summed E-state index contributed by atoms with van der Waals surface area (Å²) in [5, 5.41) is 13.8. The Morgan fingerprint density at radius 3 is 2.31 bits per heavy atom. The number of primary amides is 1. The van der Waals surface area contributed by atoms with Crippen molar-refractivity contribution in [2.24, 2.45) is 5.73 Å². The molecule has 0 aliphatic heterocycles. The van der Waals surface area contributed by atoms with Gasteiger partial charge in [-0.2, -0.15) is 0 Å². The van der Waals surface area contributed by atoms with E-state index in [1.54, 1.807) is 14.0 Å². The molecule has 0 heterocycles. The SMILES string of the molecule is CNC(C)C(=O)NC(CCC(N)=O)C(=O)O. The van der Waals surface area contributed by atoms with Crippen LogP contribution in [0.3, 0.4) is 0 Å². The summed E-state index contributed by atoms with van der Waals surface area (Å²) in [4.78, 5) is 32.7. The minimum absolute atomic E-state index is 0.00710. The van der Waals surface area contributed by atoms with Crippen LogP contribution in [0.15, 0.2) is 0 Å². The first kappa shape index (κ1) is 14.4. The van der Waals surface area contributed by atoms with Gasteiger partial charge in [0.1, 0.15) is 6.04 Å². The van der Waals surface area contributed by atoms with Gasteiger partial charge in [-0.15, -0.1) is 0 Å². The van der Waals surface area contributed by atoms with Crippen molar-refractivity contribution in [1.29, 1.82) is 0 Å². The molecule has 0 fully saturated rings. The molecule has 0 saturated carbocycles. The molecule has 0 aromatic heterocycles. The molecule has 0 saturated heterocycles. The van der Waals surface area contributed by atoms with Crippen molar-refractivity contribution in [3.05, 3.63) is 0 Å². The number of likely N-dealkylation sites (N-methyl/N-ethyl adjacent to an activating group) is 1. The fraction of sp³-hybridized carbons (Fsp3) is 0.667. The van der Waals surface area contributed by atoms with E-state index in [1.165, 1.54) is 0 Å². The molecule has 7 heteroatoms. The highest BCUT2D eigenvalue weighted by Crippen LogP contribution is 1.98. The first-order chi connectivity index (χ1) is 7.38. The quantitative estimate of drug-likeness (QED) is 0.421. The molecule has 0 aromatic rings. The summed E-state index contributed by atoms with van der Waals surface area (Å²) in [6, 6.07) is -1.58. The molecule has 16 heavy (non-hydrogen) atoms. The number of carboxylic acids is 1. The molecular weight excluding hydrogens is 214 g/mol. The molecule has 0 rings (SSSR count). The number of rotatable bonds is 7. The molecule has 0 spiro atoms. The normalized spacial score (nSPS) is 13.9. The van der Waals surface area contributed by atoms with Gasteiger partial charge in [0.2, 0.25) is 11.8 Å². The van der Waals surface area contributed by atoms with Crippen molar-refractivity contribution >= 4 is 17.8 Å². The lowest BCUT2D eigenvalue weighted by molar-refractivity contribution is -0.142. The minimum Gasteiger partial charge on any atom is -0.480 e. The van der Waals surface area contributed by atoms with Crippen molar-refractivity contribution in [3.63, 3.8) is 0 Å². The van der Waals surface area contributed by atoms with Crippen LogP contribution < -0.4 is 16.4 Å². The highest BCUT2D eigenvalue weighted by molar-refractivity contribution is 5.87. The molecule has 5 N–H and O–H groups in total. The van der Waals surface area contributed by atoms with Gasteiger partial charge in [-0.25, -0.2) is 4.79 Å². The second-order valence-electron chi connectivity index (χ2n) is 3.41. The van der Waals surface area contributed by atoms with Crippen molar-refractivity contribution in [2.45, 2.75) is 31.8 Å². The number of hydrogen-bond acceptors (Lipinski definition) is 4. The third-order valence-electron chi connectivity index (χ3n) is 2.12. The average molecular weight is 231 g/mol. The lowest BCUT2D eigenvalue weighted by Gasteiger charge is -2.16. The standard InChI is InChI=1S/C9H17N3O4/c1-5(11-2)8(14)12-6(9(15)16)3-4-7(10)13/h5-6,11H,3-4H2,1-2H3,(H2,10,13)(H,12,14)(H,15,16). The Labute approximate surface area is 93.4 Å². The van der Waals surface area contributed by atoms with E-state index in [9.17, 15) is 14.4 Å². The molecular formula is C9H17N3O4. The topological polar surface area (TPSA) is 122 Å². The third kappa shape index (κ3) is 5.30. The zero-order valence-electron chi connectivity index (χ0n) is 9.32. The number of carboxylic acid groups (broad SMARTS) is 1. The highest BCUT2D eigenvalue weighted by Gasteiger charge is 2.22. The minimum atomic E-state index is -1.18. The number of aliphatic carboxylic acids is 1. The van der Waals surface area contributed by atoms with E-state index in [0.29, 0.717) is 0 Å². The maximum atomic E-state index is 11.4. The number of amides is 2. The Balaban J connectivity index is 4.28. The maximum absolute atomic E-state index is 11.4. The average Bonchev–Trinajstić information content (AvgIpc) is 2.21. The lowest BCUT2D eigenvalue weighted by Crippen LogP contribution is -2.48. The summed E-state index contributed by atoms with van der Waals surface area (Å²) >= 11 is 0. The number of nitrogens with two attached hydrogens (primary N) is 1. The molecule has 0 aliphatic rings. The summed E-state index contributed by atoms with van der Waals surface area (Å²) in [6.07, 6.45) is -0.0853. The van der Waals surface area contributed by atoms with Crippen molar-refractivity contribution in [3.8, 4) is 0 Å². The van der Waals surface area contributed by atoms with Gasteiger partial charge in [-0.05, 0) is 20.4 Å². The van der Waals surface area contributed by atoms with Crippen LogP contribution in [0.1, 0.15) is 19.8 Å². The van der Waals surface area contributed by atoms with Gasteiger partial charge in [-0.3, -0.25) is 9.59 Å². The molecule has 0 bridgehead atoms. The van der Waals surface area contributed by atoms with Gasteiger partial charge in [0.25, 0.3) is 0 Å². The molecule has 2 amide bonds. The predicted molar refractivity (Wildman–Crippen MR) is 56.5 cm³/mol. The number of nitrogens with one attached hydrogen (secondary N) is 2. The number of carbonyl (C=O) groups is 3. The van der Waals surface area contributed by atoms with Crippen molar-refractivity contribution < 1.29 is 19.5 Å². The second kappa shape index (κ2) is 6.78. The lowest BCUT2D eigenvalue weighted by atomic mass is 10.1. The van der Waals surface area contributed by atoms with Gasteiger partial charge in [0.15, 0.2) is 0 Å². The monoisotopic (exact) mass is 231 g/mol. The van der Waals surface area contributed by atoms with E-state index in [-0.39, 0.29) is 12.8 Å². The van der Waals surface area contributed by atoms with E-state index < -0.39 is 29.9 Å². The van der Waals surface area contributed by atoms with Crippen LogP contribution in [-0.2, 0) is 14.4 Å². The second-order valence-corrected chi connectivity index (χ2v) is 3.41. The summed E-state index contributed by atoms with van der Waals surface area (Å²) in [7, 11) is 1.59. The van der Waals surface area contributed by atoms with Gasteiger partial charge in [0, 0.05) is 6.42 Å². The smallest absolute Gasteiger partial charge is 0.326 e. The van der Waals surface area contributed by atoms with Crippen LogP contribution in [0.5, 0.6) is 0 Å². The Bertz CT molecular complexity index is 280. The summed E-state index contributed by atoms with van der Waals surface area (Å²) in [5.74, 6) is -2.21. The Kier molecular flexibility index (Phi) is 6.09. The zero-order chi connectivity index (χ0) is 12.7. The molecule has 2 atom stereocenters. The number of carbonyl (C=O) groups excluding carboxylic acids is 2. The van der Waals surface area contributed by atoms with E-state index in [4.69, 9.17) is 10.8 Å². The van der Waals surface area contributed by atoms with Gasteiger partial charge in [0.05, 0.1) is 6.04 Å². The number of hydrogen-bond donors (Lipinski definition) is 4. The molecule has 0 aromatic carbocycles. The van der Waals surface area contributed by atoms with Gasteiger partial charge >= 0.3 is 5.97 Å². The van der Waals surface area contributed by atoms with E-state index in [1.807, 2.05) is 0 Å². The van der Waals surface area contributed by atoms with Gasteiger partial charge in [-0.1, -0.05) is 0 Å². The first-order valence-corrected chi connectivity index (χ1v) is 4.87. The third-order valence-corrected chi connectivity index (χ3v) is 2.12. The predicted octanol–water partition coefficient (Wildman–Crippen LogP) is -1.57. The van der Waals surface area contributed by atoms with Crippen LogP contribution >= 0.6 is 0 Å². The highest BCUT2D eigenvalue weighted by atomic mass is 16.4. The molecule has 2 unspecified atom stereocenters. The van der Waals surface area contributed by atoms with Crippen LogP contribution in [0.4, 0.5) is 0 Å². The molecule has 7 nitrogen and oxygen atoms in total. The van der Waals surface area contributed by atoms with E-state index >= 15 is 0 Å². The summed E-state index contributed by atoms with van der Waals surface area (Å²) in [6.45, 7) is 1.60. The van der Waals surface area contributed by atoms with Crippen LogP contribution in [0.25, 0.3) is 0 Å². The van der Waals surface area contributed by atoms with Crippen LogP contribution in [-0.4, -0.2) is 42.0 Å². The van der Waals surface area contributed by atoms with Crippen LogP contribution in [0, 0.1) is 0 Å². The van der Waals surface area contributed by atoms with E-state index in [2.05, 4.69) is 10.6 Å². The Hall–Kier alpha value is -1.63. The fourth-order valence-electron chi connectivity index (χ4n) is 0.972. The summed E-state index contributed by atoms with van der Waals surface area (Å²) < 4.78 is 0. The molecule has 0 aliphatic carbocycles. The van der Waals surface area contributed by atoms with Crippen LogP contribution in [0.2, 0.25) is 0 Å². The Morgan fingerprint density at radius 1 is 1.38 bits per heavy atom. The van der Waals surface area contributed by atoms with Gasteiger partial charge < -0.3 is 21.5 Å². The van der Waals surface area contributed by atoms with Crippen molar-refractivity contribution in [2.75, 3.05) is 7.05 Å². The molecule has 0 radical (unpaired) electrons. The van der Waals surface area contributed by atoms with E-state index in [0.717, 1.165) is 0 Å². The molecule has 92 valence electrons. The zero-order valence-corrected chi connectivity index (χ0v) is 9.32. The van der Waals surface area contributed by atoms with Crippen molar-refractivity contribution in [1.82, 2.24) is 10.6 Å². The largest absolute Gasteiger partial charge is 0.480 e.